The Balaban J connectivity index is 2.21. The zero-order chi connectivity index (χ0) is 19.8. The van der Waals surface area contributed by atoms with E-state index in [1.807, 2.05) is 38.1 Å². The Morgan fingerprint density at radius 1 is 1.15 bits per heavy atom. The van der Waals surface area contributed by atoms with Gasteiger partial charge in [0.15, 0.2) is 5.78 Å². The number of carbonyl (C=O) groups is 1. The van der Waals surface area contributed by atoms with Gasteiger partial charge in [-0.3, -0.25) is 4.79 Å². The molecule has 0 fully saturated rings. The van der Waals surface area contributed by atoms with Gasteiger partial charge in [-0.1, -0.05) is 32.4 Å². The first-order valence-electron chi connectivity index (χ1n) is 9.15. The fourth-order valence-corrected chi connectivity index (χ4v) is 2.77. The fraction of sp³-hybridized carbons (Fsp3) is 0.364. The summed E-state index contributed by atoms with van der Waals surface area (Å²) in [5.41, 5.74) is 1.85. The van der Waals surface area contributed by atoms with E-state index in [9.17, 15) is 9.90 Å². The second-order valence-corrected chi connectivity index (χ2v) is 6.30. The summed E-state index contributed by atoms with van der Waals surface area (Å²) >= 11 is 0. The van der Waals surface area contributed by atoms with E-state index in [1.165, 1.54) is 6.92 Å². The molecule has 0 radical (unpaired) electrons. The molecule has 0 saturated heterocycles. The quantitative estimate of drug-likeness (QED) is 0.508. The van der Waals surface area contributed by atoms with E-state index in [0.29, 0.717) is 41.9 Å². The van der Waals surface area contributed by atoms with E-state index < -0.39 is 6.29 Å². The summed E-state index contributed by atoms with van der Waals surface area (Å²) in [4.78, 5) is 11.7. The maximum absolute atomic E-state index is 11.7. The van der Waals surface area contributed by atoms with E-state index in [4.69, 9.17) is 14.7 Å². The summed E-state index contributed by atoms with van der Waals surface area (Å²) in [6.45, 7) is 5.37. The first-order valence-corrected chi connectivity index (χ1v) is 9.15. The van der Waals surface area contributed by atoms with Gasteiger partial charge in [0, 0.05) is 12.0 Å². The average molecular weight is 367 g/mol. The molecule has 0 heterocycles. The van der Waals surface area contributed by atoms with Gasteiger partial charge in [-0.25, -0.2) is 0 Å². The molecule has 5 nitrogen and oxygen atoms in total. The zero-order valence-corrected chi connectivity index (χ0v) is 16.0. The third-order valence-corrected chi connectivity index (χ3v) is 4.18. The molecule has 0 aliphatic carbocycles. The number of phenols is 1. The SMILES string of the molecule is CCCc1c(OC(CC)Oc2ccc(CC#N)cc2)ccc(C(C)=O)c1O. The molecular formula is C22H25NO4. The summed E-state index contributed by atoms with van der Waals surface area (Å²) in [6, 6.07) is 12.7. The number of nitrogens with zero attached hydrogens (tertiary/aromatic N) is 1. The number of benzene rings is 2. The number of aromatic hydroxyl groups is 1. The lowest BCUT2D eigenvalue weighted by molar-refractivity contribution is 0.00243. The van der Waals surface area contributed by atoms with Crippen molar-refractivity contribution in [2.75, 3.05) is 0 Å². The van der Waals surface area contributed by atoms with Crippen LogP contribution >= 0.6 is 0 Å². The molecule has 0 amide bonds. The van der Waals surface area contributed by atoms with Gasteiger partial charge in [-0.15, -0.1) is 0 Å². The molecule has 2 aromatic carbocycles. The Bertz CT molecular complexity index is 821. The monoisotopic (exact) mass is 367 g/mol. The minimum absolute atomic E-state index is 0.0161. The summed E-state index contributed by atoms with van der Waals surface area (Å²) in [6.07, 6.45) is 1.83. The lowest BCUT2D eigenvalue weighted by Crippen LogP contribution is -2.23. The predicted molar refractivity (Wildman–Crippen MR) is 103 cm³/mol. The maximum Gasteiger partial charge on any atom is 0.240 e. The van der Waals surface area contributed by atoms with Gasteiger partial charge in [0.05, 0.1) is 18.1 Å². The van der Waals surface area contributed by atoms with E-state index in [2.05, 4.69) is 6.07 Å². The van der Waals surface area contributed by atoms with Crippen LogP contribution in [0.2, 0.25) is 0 Å². The molecule has 27 heavy (non-hydrogen) atoms. The Labute approximate surface area is 160 Å². The highest BCUT2D eigenvalue weighted by atomic mass is 16.7. The van der Waals surface area contributed by atoms with Crippen molar-refractivity contribution < 1.29 is 19.4 Å². The Morgan fingerprint density at radius 2 is 1.85 bits per heavy atom. The van der Waals surface area contributed by atoms with Crippen molar-refractivity contribution in [2.45, 2.75) is 52.7 Å². The summed E-state index contributed by atoms with van der Waals surface area (Å²) in [5.74, 6) is 0.965. The van der Waals surface area contributed by atoms with Crippen molar-refractivity contribution in [3.05, 3.63) is 53.1 Å². The number of ether oxygens (including phenoxy) is 2. The van der Waals surface area contributed by atoms with Crippen LogP contribution < -0.4 is 9.47 Å². The lowest BCUT2D eigenvalue weighted by atomic mass is 10.0. The summed E-state index contributed by atoms with van der Waals surface area (Å²) in [5, 5.41) is 19.2. The Kier molecular flexibility index (Phi) is 7.25. The van der Waals surface area contributed by atoms with Crippen molar-refractivity contribution in [2.24, 2.45) is 0 Å². The molecule has 0 aromatic heterocycles. The van der Waals surface area contributed by atoms with Gasteiger partial charge in [-0.05, 0) is 43.2 Å². The number of ketones is 1. The second-order valence-electron chi connectivity index (χ2n) is 6.30. The molecule has 0 aliphatic rings. The van der Waals surface area contributed by atoms with Crippen molar-refractivity contribution in [1.29, 1.82) is 5.26 Å². The average Bonchev–Trinajstić information content (AvgIpc) is 2.65. The number of Topliss-reactive ketones (excluding diaryl/α,β-unsaturated/α-hetero) is 1. The molecule has 0 aliphatic heterocycles. The van der Waals surface area contributed by atoms with Gasteiger partial charge in [0.1, 0.15) is 17.2 Å². The minimum Gasteiger partial charge on any atom is -0.507 e. The topological polar surface area (TPSA) is 79.5 Å². The van der Waals surface area contributed by atoms with Gasteiger partial charge < -0.3 is 14.6 Å². The van der Waals surface area contributed by atoms with E-state index >= 15 is 0 Å². The Morgan fingerprint density at radius 3 is 2.41 bits per heavy atom. The van der Waals surface area contributed by atoms with E-state index in [-0.39, 0.29) is 11.5 Å². The number of hydrogen-bond donors (Lipinski definition) is 1. The van der Waals surface area contributed by atoms with Crippen LogP contribution in [0.1, 0.15) is 55.1 Å². The maximum atomic E-state index is 11.7. The van der Waals surface area contributed by atoms with Crippen LogP contribution in [-0.2, 0) is 12.8 Å². The molecule has 1 atom stereocenters. The molecule has 142 valence electrons. The number of nitriles is 1. The van der Waals surface area contributed by atoms with Crippen LogP contribution in [0.3, 0.4) is 0 Å². The van der Waals surface area contributed by atoms with Crippen LogP contribution in [0.15, 0.2) is 36.4 Å². The third kappa shape index (κ3) is 5.24. The molecule has 1 unspecified atom stereocenters. The van der Waals surface area contributed by atoms with Crippen LogP contribution in [0.5, 0.6) is 17.2 Å². The molecule has 5 heteroatoms. The summed E-state index contributed by atoms with van der Waals surface area (Å²) < 4.78 is 11.9. The molecule has 0 bridgehead atoms. The number of phenolic OH excluding ortho intramolecular Hbond substituents is 1. The smallest absolute Gasteiger partial charge is 0.240 e. The van der Waals surface area contributed by atoms with Crippen molar-refractivity contribution >= 4 is 5.78 Å². The van der Waals surface area contributed by atoms with Gasteiger partial charge in [-0.2, -0.15) is 5.26 Å². The third-order valence-electron chi connectivity index (χ3n) is 4.18. The van der Waals surface area contributed by atoms with E-state index in [1.54, 1.807) is 12.1 Å². The highest BCUT2D eigenvalue weighted by Gasteiger charge is 2.19. The van der Waals surface area contributed by atoms with Crippen LogP contribution in [0.25, 0.3) is 0 Å². The standard InChI is InChI=1S/C22H25NO4/c1-4-6-19-20(12-11-18(15(3)24)22(19)25)27-21(5-2)26-17-9-7-16(8-10-17)13-14-23/h7-12,21,25H,4-6,13H2,1-3H3. The molecular weight excluding hydrogens is 342 g/mol. The first-order chi connectivity index (χ1) is 13.0. The van der Waals surface area contributed by atoms with E-state index in [0.717, 1.165) is 12.0 Å². The molecule has 2 aromatic rings. The molecule has 0 spiro atoms. The van der Waals surface area contributed by atoms with Gasteiger partial charge in [0.25, 0.3) is 0 Å². The van der Waals surface area contributed by atoms with Gasteiger partial charge in [0.2, 0.25) is 6.29 Å². The Hall–Kier alpha value is -3.00. The van der Waals surface area contributed by atoms with Crippen molar-refractivity contribution in [3.63, 3.8) is 0 Å². The first kappa shape index (κ1) is 20.3. The number of hydrogen-bond acceptors (Lipinski definition) is 5. The lowest BCUT2D eigenvalue weighted by Gasteiger charge is -2.22. The highest BCUT2D eigenvalue weighted by molar-refractivity contribution is 5.97. The molecule has 1 N–H and O–H groups in total. The predicted octanol–water partition coefficient (Wildman–Crippen LogP) is 4.81. The van der Waals surface area contributed by atoms with Crippen LogP contribution in [0, 0.1) is 11.3 Å². The van der Waals surface area contributed by atoms with Gasteiger partial charge >= 0.3 is 0 Å². The second kappa shape index (κ2) is 9.63. The zero-order valence-electron chi connectivity index (χ0n) is 16.0. The minimum atomic E-state index is -0.537. The molecule has 0 saturated carbocycles. The summed E-state index contributed by atoms with van der Waals surface area (Å²) in [7, 11) is 0. The fourth-order valence-electron chi connectivity index (χ4n) is 2.77. The largest absolute Gasteiger partial charge is 0.507 e. The van der Waals surface area contributed by atoms with Crippen LogP contribution in [0.4, 0.5) is 0 Å². The number of carbonyl (C=O) groups excluding carboxylic acids is 1. The normalized spacial score (nSPS) is 11.5. The molecule has 2 rings (SSSR count). The van der Waals surface area contributed by atoms with Crippen molar-refractivity contribution in [3.8, 4) is 23.3 Å². The highest BCUT2D eigenvalue weighted by Crippen LogP contribution is 2.34. The number of rotatable bonds is 9. The van der Waals surface area contributed by atoms with Crippen LogP contribution in [-0.4, -0.2) is 17.2 Å². The van der Waals surface area contributed by atoms with Crippen molar-refractivity contribution in [1.82, 2.24) is 0 Å².